The second kappa shape index (κ2) is 5.41. The van der Waals surface area contributed by atoms with E-state index in [0.717, 1.165) is 11.4 Å². The summed E-state index contributed by atoms with van der Waals surface area (Å²) in [6, 6.07) is 6.49. The average Bonchev–Trinajstić information content (AvgIpc) is 2.27. The van der Waals surface area contributed by atoms with Crippen molar-refractivity contribution in [2.75, 3.05) is 19.0 Å². The van der Waals surface area contributed by atoms with Crippen molar-refractivity contribution in [1.82, 2.24) is 0 Å². The van der Waals surface area contributed by atoms with E-state index in [0.29, 0.717) is 6.54 Å². The number of hydrogen-bond donors (Lipinski definition) is 2. The molecule has 0 aliphatic rings. The van der Waals surface area contributed by atoms with Gasteiger partial charge in [-0.2, -0.15) is 0 Å². The molecule has 3 heteroatoms. The minimum atomic E-state index is 0.134. The highest BCUT2D eigenvalue weighted by atomic mass is 16.5. The molecule has 0 saturated carbocycles. The van der Waals surface area contributed by atoms with Crippen molar-refractivity contribution < 1.29 is 4.74 Å². The molecule has 1 unspecified atom stereocenters. The van der Waals surface area contributed by atoms with Gasteiger partial charge in [0.2, 0.25) is 0 Å². The van der Waals surface area contributed by atoms with Crippen LogP contribution < -0.4 is 15.8 Å². The predicted octanol–water partition coefficient (Wildman–Crippen LogP) is 2.75. The van der Waals surface area contributed by atoms with Gasteiger partial charge in [-0.1, -0.05) is 26.8 Å². The van der Waals surface area contributed by atoms with Gasteiger partial charge >= 0.3 is 0 Å². The highest BCUT2D eigenvalue weighted by Crippen LogP contribution is 2.31. The molecule has 0 heterocycles. The maximum absolute atomic E-state index is 5.63. The Kier molecular flexibility index (Phi) is 4.40. The zero-order valence-electron chi connectivity index (χ0n) is 11.5. The molecule has 0 saturated heterocycles. The largest absolute Gasteiger partial charge is 0.495 e. The lowest BCUT2D eigenvalue weighted by Gasteiger charge is -2.23. The van der Waals surface area contributed by atoms with Gasteiger partial charge in [-0.15, -0.1) is 0 Å². The van der Waals surface area contributed by atoms with Crippen molar-refractivity contribution >= 4 is 5.69 Å². The molecular weight excluding hydrogens is 212 g/mol. The Bertz CT molecular complexity index is 369. The van der Waals surface area contributed by atoms with Crippen LogP contribution in [0.25, 0.3) is 0 Å². The van der Waals surface area contributed by atoms with E-state index < -0.39 is 0 Å². The smallest absolute Gasteiger partial charge is 0.141 e. The zero-order valence-corrected chi connectivity index (χ0v) is 11.5. The molecule has 0 spiro atoms. The van der Waals surface area contributed by atoms with Crippen LogP contribution in [-0.4, -0.2) is 19.7 Å². The Morgan fingerprint density at radius 2 is 2.00 bits per heavy atom. The van der Waals surface area contributed by atoms with Crippen molar-refractivity contribution in [2.45, 2.75) is 39.2 Å². The summed E-state index contributed by atoms with van der Waals surface area (Å²) in [5.41, 5.74) is 8.06. The molecule has 0 aromatic heterocycles. The summed E-state index contributed by atoms with van der Waals surface area (Å²) < 4.78 is 5.36. The van der Waals surface area contributed by atoms with E-state index in [1.165, 1.54) is 5.56 Å². The number of nitrogens with two attached hydrogens (primary N) is 1. The summed E-state index contributed by atoms with van der Waals surface area (Å²) in [5, 5.41) is 3.37. The number of anilines is 1. The first-order valence-corrected chi connectivity index (χ1v) is 6.03. The molecule has 0 aliphatic heterocycles. The molecule has 3 N–H and O–H groups in total. The topological polar surface area (TPSA) is 47.3 Å². The van der Waals surface area contributed by atoms with Crippen molar-refractivity contribution in [3.63, 3.8) is 0 Å². The van der Waals surface area contributed by atoms with Crippen molar-refractivity contribution in [3.05, 3.63) is 23.8 Å². The molecule has 0 bridgehead atoms. The van der Waals surface area contributed by atoms with Gasteiger partial charge in [0.1, 0.15) is 5.75 Å². The van der Waals surface area contributed by atoms with Crippen LogP contribution in [0.4, 0.5) is 5.69 Å². The standard InChI is InChI=1S/C14H24N2O/c1-10(9-15)16-12-8-11(14(2,3)4)6-7-13(12)17-5/h6-8,10,16H,9,15H2,1-5H3. The van der Waals surface area contributed by atoms with Gasteiger partial charge in [0.05, 0.1) is 12.8 Å². The predicted molar refractivity (Wildman–Crippen MR) is 73.8 cm³/mol. The lowest BCUT2D eigenvalue weighted by Crippen LogP contribution is -2.25. The normalized spacial score (nSPS) is 13.3. The van der Waals surface area contributed by atoms with Gasteiger partial charge in [0, 0.05) is 12.6 Å². The van der Waals surface area contributed by atoms with Gasteiger partial charge in [0.15, 0.2) is 0 Å². The van der Waals surface area contributed by atoms with Gasteiger partial charge < -0.3 is 15.8 Å². The number of methoxy groups -OCH3 is 1. The first kappa shape index (κ1) is 13.8. The Morgan fingerprint density at radius 1 is 1.35 bits per heavy atom. The average molecular weight is 236 g/mol. The Morgan fingerprint density at radius 3 is 2.47 bits per heavy atom. The molecule has 0 amide bonds. The Balaban J connectivity index is 3.07. The van der Waals surface area contributed by atoms with Crippen LogP contribution in [0.1, 0.15) is 33.3 Å². The molecule has 0 fully saturated rings. The lowest BCUT2D eigenvalue weighted by molar-refractivity contribution is 0.415. The minimum absolute atomic E-state index is 0.134. The second-order valence-corrected chi connectivity index (χ2v) is 5.45. The number of nitrogens with one attached hydrogen (secondary N) is 1. The summed E-state index contributed by atoms with van der Waals surface area (Å²) in [5.74, 6) is 0.860. The molecule has 17 heavy (non-hydrogen) atoms. The monoisotopic (exact) mass is 236 g/mol. The maximum Gasteiger partial charge on any atom is 0.141 e. The molecule has 1 aromatic rings. The first-order chi connectivity index (χ1) is 7.88. The van der Waals surface area contributed by atoms with Crippen LogP contribution in [0.15, 0.2) is 18.2 Å². The SMILES string of the molecule is COc1ccc(C(C)(C)C)cc1NC(C)CN. The first-order valence-electron chi connectivity index (χ1n) is 6.03. The fraction of sp³-hybridized carbons (Fsp3) is 0.571. The zero-order chi connectivity index (χ0) is 13.1. The van der Waals surface area contributed by atoms with E-state index in [1.807, 2.05) is 6.07 Å². The Hall–Kier alpha value is -1.22. The molecule has 0 radical (unpaired) electrons. The molecule has 1 rings (SSSR count). The van der Waals surface area contributed by atoms with E-state index >= 15 is 0 Å². The summed E-state index contributed by atoms with van der Waals surface area (Å²) in [7, 11) is 1.68. The highest BCUT2D eigenvalue weighted by molar-refractivity contribution is 5.59. The van der Waals surface area contributed by atoms with Gasteiger partial charge in [0.25, 0.3) is 0 Å². The third-order valence-electron chi connectivity index (χ3n) is 2.82. The van der Waals surface area contributed by atoms with Crippen molar-refractivity contribution in [1.29, 1.82) is 0 Å². The van der Waals surface area contributed by atoms with Gasteiger partial charge in [-0.25, -0.2) is 0 Å². The highest BCUT2D eigenvalue weighted by Gasteiger charge is 2.16. The number of benzene rings is 1. The molecule has 96 valence electrons. The summed E-state index contributed by atoms with van der Waals surface area (Å²) >= 11 is 0. The third kappa shape index (κ3) is 3.63. The van der Waals surface area contributed by atoms with E-state index in [2.05, 4.69) is 45.1 Å². The van der Waals surface area contributed by atoms with Crippen LogP contribution in [0.3, 0.4) is 0 Å². The molecular formula is C14H24N2O. The van der Waals surface area contributed by atoms with Crippen LogP contribution in [0, 0.1) is 0 Å². The number of ether oxygens (including phenoxy) is 1. The molecule has 1 atom stereocenters. The van der Waals surface area contributed by atoms with Crippen LogP contribution in [0.5, 0.6) is 5.75 Å². The molecule has 0 aliphatic carbocycles. The lowest BCUT2D eigenvalue weighted by atomic mass is 9.86. The van der Waals surface area contributed by atoms with Crippen molar-refractivity contribution in [3.8, 4) is 5.75 Å². The summed E-state index contributed by atoms with van der Waals surface area (Å²) in [6.45, 7) is 9.26. The van der Waals surface area contributed by atoms with E-state index in [1.54, 1.807) is 7.11 Å². The fourth-order valence-electron chi connectivity index (χ4n) is 1.61. The van der Waals surface area contributed by atoms with Crippen LogP contribution in [0.2, 0.25) is 0 Å². The van der Waals surface area contributed by atoms with Gasteiger partial charge in [-0.05, 0) is 30.0 Å². The van der Waals surface area contributed by atoms with E-state index in [4.69, 9.17) is 10.5 Å². The summed E-state index contributed by atoms with van der Waals surface area (Å²) in [6.07, 6.45) is 0. The van der Waals surface area contributed by atoms with E-state index in [9.17, 15) is 0 Å². The van der Waals surface area contributed by atoms with Gasteiger partial charge in [-0.3, -0.25) is 0 Å². The molecule has 3 nitrogen and oxygen atoms in total. The fourth-order valence-corrected chi connectivity index (χ4v) is 1.61. The van der Waals surface area contributed by atoms with Crippen molar-refractivity contribution in [2.24, 2.45) is 5.73 Å². The third-order valence-corrected chi connectivity index (χ3v) is 2.82. The van der Waals surface area contributed by atoms with Crippen LogP contribution >= 0.6 is 0 Å². The number of rotatable bonds is 4. The number of hydrogen-bond acceptors (Lipinski definition) is 3. The molecule has 1 aromatic carbocycles. The quantitative estimate of drug-likeness (QED) is 0.845. The van der Waals surface area contributed by atoms with Crippen LogP contribution in [-0.2, 0) is 5.41 Å². The maximum atomic E-state index is 5.63. The Labute approximate surface area is 104 Å². The van der Waals surface area contributed by atoms with E-state index in [-0.39, 0.29) is 11.5 Å². The second-order valence-electron chi connectivity index (χ2n) is 5.45. The summed E-state index contributed by atoms with van der Waals surface area (Å²) in [4.78, 5) is 0. The minimum Gasteiger partial charge on any atom is -0.495 e.